The molecule has 114 valence electrons. The van der Waals surface area contributed by atoms with Gasteiger partial charge in [-0.15, -0.1) is 0 Å². The van der Waals surface area contributed by atoms with Gasteiger partial charge in [-0.05, 0) is 36.3 Å². The van der Waals surface area contributed by atoms with Crippen LogP contribution >= 0.6 is 12.2 Å². The molecule has 2 aromatic carbocycles. The predicted molar refractivity (Wildman–Crippen MR) is 91.4 cm³/mol. The van der Waals surface area contributed by atoms with Crippen molar-refractivity contribution in [2.45, 2.75) is 19.4 Å². The summed E-state index contributed by atoms with van der Waals surface area (Å²) in [5.74, 6) is 1.50. The largest absolute Gasteiger partial charge is 0.454 e. The molecule has 1 aliphatic rings. The topological polar surface area (TPSA) is 42.5 Å². The summed E-state index contributed by atoms with van der Waals surface area (Å²) >= 11 is 5.41. The molecular weight excluding hydrogens is 296 g/mol. The second-order valence-corrected chi connectivity index (χ2v) is 5.45. The second kappa shape index (κ2) is 6.66. The molecular formula is C17H18N2O2S. The first-order valence-electron chi connectivity index (χ1n) is 7.28. The van der Waals surface area contributed by atoms with E-state index in [2.05, 4.69) is 29.7 Å². The maximum absolute atomic E-state index is 5.41. The zero-order chi connectivity index (χ0) is 15.4. The number of fused-ring (bicyclic) bond motifs is 1. The van der Waals surface area contributed by atoms with E-state index in [1.54, 1.807) is 0 Å². The van der Waals surface area contributed by atoms with Crippen molar-refractivity contribution in [2.75, 3.05) is 12.1 Å². The van der Waals surface area contributed by atoms with Gasteiger partial charge in [0.2, 0.25) is 6.79 Å². The minimum absolute atomic E-state index is 0.190. The molecule has 2 aromatic rings. The van der Waals surface area contributed by atoms with E-state index >= 15 is 0 Å². The summed E-state index contributed by atoms with van der Waals surface area (Å²) < 4.78 is 10.7. The molecule has 0 fully saturated rings. The number of hydrogen-bond donors (Lipinski definition) is 2. The third kappa shape index (κ3) is 3.31. The highest BCUT2D eigenvalue weighted by Crippen LogP contribution is 2.34. The van der Waals surface area contributed by atoms with Gasteiger partial charge in [-0.2, -0.15) is 0 Å². The number of thiocarbonyl (C=S) groups is 1. The van der Waals surface area contributed by atoms with Crippen LogP contribution in [0.4, 0.5) is 5.69 Å². The zero-order valence-corrected chi connectivity index (χ0v) is 13.2. The summed E-state index contributed by atoms with van der Waals surface area (Å²) in [4.78, 5) is 0. The van der Waals surface area contributed by atoms with Crippen LogP contribution in [-0.2, 0) is 0 Å². The van der Waals surface area contributed by atoms with Crippen LogP contribution in [0, 0.1) is 0 Å². The van der Waals surface area contributed by atoms with E-state index in [1.807, 2.05) is 36.4 Å². The number of benzene rings is 2. The van der Waals surface area contributed by atoms with E-state index in [4.69, 9.17) is 21.7 Å². The fourth-order valence-corrected chi connectivity index (χ4v) is 2.67. The van der Waals surface area contributed by atoms with Gasteiger partial charge < -0.3 is 20.1 Å². The van der Waals surface area contributed by atoms with Crippen LogP contribution in [0.15, 0.2) is 48.5 Å². The lowest BCUT2D eigenvalue weighted by Gasteiger charge is -2.20. The van der Waals surface area contributed by atoms with Crippen LogP contribution in [-0.4, -0.2) is 11.9 Å². The maximum atomic E-state index is 5.41. The van der Waals surface area contributed by atoms with E-state index in [-0.39, 0.29) is 12.8 Å². The van der Waals surface area contributed by atoms with Crippen molar-refractivity contribution in [1.82, 2.24) is 5.32 Å². The molecule has 22 heavy (non-hydrogen) atoms. The molecule has 1 unspecified atom stereocenters. The Kier molecular flexibility index (Phi) is 4.44. The van der Waals surface area contributed by atoms with Crippen molar-refractivity contribution < 1.29 is 9.47 Å². The highest BCUT2D eigenvalue weighted by atomic mass is 32.1. The molecule has 0 saturated heterocycles. The van der Waals surface area contributed by atoms with Gasteiger partial charge in [0, 0.05) is 11.8 Å². The van der Waals surface area contributed by atoms with E-state index in [1.165, 1.54) is 5.56 Å². The first kappa shape index (κ1) is 14.7. The van der Waals surface area contributed by atoms with Gasteiger partial charge in [-0.1, -0.05) is 37.3 Å². The molecule has 3 rings (SSSR count). The van der Waals surface area contributed by atoms with Crippen LogP contribution in [0.1, 0.15) is 24.9 Å². The van der Waals surface area contributed by atoms with E-state index < -0.39 is 0 Å². The molecule has 0 aliphatic carbocycles. The Bertz CT molecular complexity index is 661. The molecule has 0 aromatic heterocycles. The van der Waals surface area contributed by atoms with Gasteiger partial charge in [-0.25, -0.2) is 0 Å². The quantitative estimate of drug-likeness (QED) is 0.839. The summed E-state index contributed by atoms with van der Waals surface area (Å²) in [7, 11) is 0. The molecule has 0 radical (unpaired) electrons. The summed E-state index contributed by atoms with van der Waals surface area (Å²) in [5, 5.41) is 7.13. The molecule has 0 spiro atoms. The minimum Gasteiger partial charge on any atom is -0.454 e. The van der Waals surface area contributed by atoms with E-state index in [0.717, 1.165) is 23.6 Å². The predicted octanol–water partition coefficient (Wildman–Crippen LogP) is 3.85. The Morgan fingerprint density at radius 1 is 1.14 bits per heavy atom. The summed E-state index contributed by atoms with van der Waals surface area (Å²) in [6.45, 7) is 2.40. The van der Waals surface area contributed by atoms with Crippen LogP contribution in [0.2, 0.25) is 0 Å². The minimum atomic E-state index is 0.190. The SMILES string of the molecule is CCC(NC(=S)Nc1ccc2c(c1)OCO2)c1ccccc1. The fraction of sp³-hybridized carbons (Fsp3) is 0.235. The zero-order valence-electron chi connectivity index (χ0n) is 12.3. The number of ether oxygens (including phenoxy) is 2. The first-order chi connectivity index (χ1) is 10.8. The van der Waals surface area contributed by atoms with Gasteiger partial charge in [-0.3, -0.25) is 0 Å². The van der Waals surface area contributed by atoms with Crippen molar-refractivity contribution in [2.24, 2.45) is 0 Å². The Labute approximate surface area is 135 Å². The van der Waals surface area contributed by atoms with Gasteiger partial charge >= 0.3 is 0 Å². The normalized spacial score (nSPS) is 13.5. The maximum Gasteiger partial charge on any atom is 0.231 e. The molecule has 2 N–H and O–H groups in total. The van der Waals surface area contributed by atoms with Crippen LogP contribution in [0.5, 0.6) is 11.5 Å². The third-order valence-electron chi connectivity index (χ3n) is 3.55. The fourth-order valence-electron chi connectivity index (χ4n) is 2.41. The average molecular weight is 314 g/mol. The van der Waals surface area contributed by atoms with Crippen LogP contribution < -0.4 is 20.1 Å². The lowest BCUT2D eigenvalue weighted by Crippen LogP contribution is -2.32. The first-order valence-corrected chi connectivity index (χ1v) is 7.69. The highest BCUT2D eigenvalue weighted by Gasteiger charge is 2.14. The van der Waals surface area contributed by atoms with Crippen molar-refractivity contribution in [3.8, 4) is 11.5 Å². The molecule has 0 amide bonds. The van der Waals surface area contributed by atoms with Crippen LogP contribution in [0.25, 0.3) is 0 Å². The van der Waals surface area contributed by atoms with Crippen molar-refractivity contribution in [1.29, 1.82) is 0 Å². The van der Waals surface area contributed by atoms with Gasteiger partial charge in [0.05, 0.1) is 6.04 Å². The van der Waals surface area contributed by atoms with Crippen molar-refractivity contribution in [3.63, 3.8) is 0 Å². The summed E-state index contributed by atoms with van der Waals surface area (Å²) in [6.07, 6.45) is 0.951. The lowest BCUT2D eigenvalue weighted by atomic mass is 10.1. The van der Waals surface area contributed by atoms with Crippen LogP contribution in [0.3, 0.4) is 0 Å². The number of hydrogen-bond acceptors (Lipinski definition) is 3. The number of anilines is 1. The Hall–Kier alpha value is -2.27. The Morgan fingerprint density at radius 2 is 1.91 bits per heavy atom. The molecule has 5 heteroatoms. The van der Waals surface area contributed by atoms with E-state index in [0.29, 0.717) is 5.11 Å². The number of rotatable bonds is 4. The Morgan fingerprint density at radius 3 is 2.68 bits per heavy atom. The highest BCUT2D eigenvalue weighted by molar-refractivity contribution is 7.80. The molecule has 0 bridgehead atoms. The van der Waals surface area contributed by atoms with Gasteiger partial charge in [0.15, 0.2) is 16.6 Å². The molecule has 1 atom stereocenters. The molecule has 1 heterocycles. The monoisotopic (exact) mass is 314 g/mol. The van der Waals surface area contributed by atoms with Gasteiger partial charge in [0.1, 0.15) is 0 Å². The molecule has 0 saturated carbocycles. The van der Waals surface area contributed by atoms with Gasteiger partial charge in [0.25, 0.3) is 0 Å². The number of nitrogens with one attached hydrogen (secondary N) is 2. The smallest absolute Gasteiger partial charge is 0.231 e. The molecule has 1 aliphatic heterocycles. The average Bonchev–Trinajstić information content (AvgIpc) is 3.01. The standard InChI is InChI=1S/C17H18N2O2S/c1-2-14(12-6-4-3-5-7-12)19-17(22)18-13-8-9-15-16(10-13)21-11-20-15/h3-10,14H,2,11H2,1H3,(H2,18,19,22). The van der Waals surface area contributed by atoms with Crippen molar-refractivity contribution in [3.05, 3.63) is 54.1 Å². The third-order valence-corrected chi connectivity index (χ3v) is 3.77. The molecule has 4 nitrogen and oxygen atoms in total. The Balaban J connectivity index is 1.64. The second-order valence-electron chi connectivity index (χ2n) is 5.04. The van der Waals surface area contributed by atoms with Crippen molar-refractivity contribution >= 4 is 23.0 Å². The lowest BCUT2D eigenvalue weighted by molar-refractivity contribution is 0.174. The van der Waals surface area contributed by atoms with E-state index in [9.17, 15) is 0 Å². The summed E-state index contributed by atoms with van der Waals surface area (Å²) in [6, 6.07) is 16.2. The summed E-state index contributed by atoms with van der Waals surface area (Å²) in [5.41, 5.74) is 2.10.